The van der Waals surface area contributed by atoms with Gasteiger partial charge in [0, 0.05) is 39.6 Å². The predicted octanol–water partition coefficient (Wildman–Crippen LogP) is 2.93. The molecule has 1 rings (SSSR count). The Labute approximate surface area is 163 Å². The summed E-state index contributed by atoms with van der Waals surface area (Å²) in [7, 11) is 3.75. The molecular formula is C18H31IN4O. The van der Waals surface area contributed by atoms with Crippen molar-refractivity contribution in [2.45, 2.75) is 46.2 Å². The number of nitrogens with one attached hydrogen (secondary N) is 2. The van der Waals surface area contributed by atoms with E-state index in [-0.39, 0.29) is 35.9 Å². The van der Waals surface area contributed by atoms with Crippen LogP contribution in [0.25, 0.3) is 0 Å². The van der Waals surface area contributed by atoms with Gasteiger partial charge in [0.15, 0.2) is 5.96 Å². The first-order valence-corrected chi connectivity index (χ1v) is 8.23. The number of halogens is 1. The van der Waals surface area contributed by atoms with Gasteiger partial charge < -0.3 is 15.5 Å². The molecule has 5 nitrogen and oxygen atoms in total. The Morgan fingerprint density at radius 1 is 1.29 bits per heavy atom. The van der Waals surface area contributed by atoms with E-state index < -0.39 is 0 Å². The van der Waals surface area contributed by atoms with Crippen molar-refractivity contribution >= 4 is 35.8 Å². The van der Waals surface area contributed by atoms with E-state index in [0.29, 0.717) is 13.0 Å². The standard InChI is InChI=1S/C18H30N4O.HI/c1-6-15(3)21-17(23)11-12-20-18(19-4)22(5)13-16-9-7-14(2)8-10-16;/h7-10,15H,6,11-13H2,1-5H3,(H,19,20)(H,21,23);1H. The molecule has 136 valence electrons. The summed E-state index contributed by atoms with van der Waals surface area (Å²) < 4.78 is 0. The fourth-order valence-electron chi connectivity index (χ4n) is 2.16. The molecule has 6 heteroatoms. The van der Waals surface area contributed by atoms with E-state index in [1.807, 2.05) is 14.0 Å². The third kappa shape index (κ3) is 8.52. The number of aliphatic imine (C=N–C) groups is 1. The molecule has 0 saturated carbocycles. The summed E-state index contributed by atoms with van der Waals surface area (Å²) >= 11 is 0. The van der Waals surface area contributed by atoms with Gasteiger partial charge in [0.25, 0.3) is 0 Å². The highest BCUT2D eigenvalue weighted by Crippen LogP contribution is 2.06. The van der Waals surface area contributed by atoms with Crippen molar-refractivity contribution in [1.29, 1.82) is 0 Å². The third-order valence-electron chi connectivity index (χ3n) is 3.77. The monoisotopic (exact) mass is 446 g/mol. The zero-order valence-electron chi connectivity index (χ0n) is 15.4. The Balaban J connectivity index is 0.00000529. The molecule has 0 spiro atoms. The van der Waals surface area contributed by atoms with Crippen LogP contribution < -0.4 is 10.6 Å². The summed E-state index contributed by atoms with van der Waals surface area (Å²) in [5.74, 6) is 0.866. The summed E-state index contributed by atoms with van der Waals surface area (Å²) in [5.41, 5.74) is 2.49. The predicted molar refractivity (Wildman–Crippen MR) is 112 cm³/mol. The first-order chi connectivity index (χ1) is 11.0. The topological polar surface area (TPSA) is 56.7 Å². The molecule has 1 aromatic rings. The van der Waals surface area contributed by atoms with Crippen LogP contribution in [-0.4, -0.2) is 43.4 Å². The molecule has 0 radical (unpaired) electrons. The van der Waals surface area contributed by atoms with Gasteiger partial charge in [-0.1, -0.05) is 36.8 Å². The van der Waals surface area contributed by atoms with Crippen molar-refractivity contribution in [3.05, 3.63) is 35.4 Å². The lowest BCUT2D eigenvalue weighted by Gasteiger charge is -2.22. The quantitative estimate of drug-likeness (QED) is 0.385. The summed E-state index contributed by atoms with van der Waals surface area (Å²) in [5, 5.41) is 6.20. The maximum Gasteiger partial charge on any atom is 0.221 e. The lowest BCUT2D eigenvalue weighted by molar-refractivity contribution is -0.121. The zero-order valence-corrected chi connectivity index (χ0v) is 17.8. The molecule has 0 aliphatic carbocycles. The number of hydrogen-bond acceptors (Lipinski definition) is 2. The Morgan fingerprint density at radius 3 is 2.46 bits per heavy atom. The van der Waals surface area contributed by atoms with Crippen molar-refractivity contribution in [1.82, 2.24) is 15.5 Å². The van der Waals surface area contributed by atoms with Crippen molar-refractivity contribution in [3.8, 4) is 0 Å². The highest BCUT2D eigenvalue weighted by atomic mass is 127. The number of carbonyl (C=O) groups is 1. The lowest BCUT2D eigenvalue weighted by Crippen LogP contribution is -2.41. The van der Waals surface area contributed by atoms with E-state index in [1.54, 1.807) is 7.05 Å². The Hall–Kier alpha value is -1.31. The number of carbonyl (C=O) groups excluding carboxylic acids is 1. The van der Waals surface area contributed by atoms with Crippen LogP contribution in [-0.2, 0) is 11.3 Å². The molecule has 1 unspecified atom stereocenters. The minimum absolute atomic E-state index is 0. The molecule has 0 heterocycles. The lowest BCUT2D eigenvalue weighted by atomic mass is 10.1. The fourth-order valence-corrected chi connectivity index (χ4v) is 2.16. The summed E-state index contributed by atoms with van der Waals surface area (Å²) in [4.78, 5) is 18.1. The SMILES string of the molecule is CCC(C)NC(=O)CCNC(=NC)N(C)Cc1ccc(C)cc1.I. The van der Waals surface area contributed by atoms with Crippen molar-refractivity contribution < 1.29 is 4.79 Å². The van der Waals surface area contributed by atoms with Gasteiger partial charge in [0.2, 0.25) is 5.91 Å². The number of nitrogens with zero attached hydrogens (tertiary/aromatic N) is 2. The normalized spacial score (nSPS) is 12.1. The van der Waals surface area contributed by atoms with Gasteiger partial charge in [0.1, 0.15) is 0 Å². The molecule has 24 heavy (non-hydrogen) atoms. The Kier molecular flexibility index (Phi) is 11.4. The highest BCUT2D eigenvalue weighted by Gasteiger charge is 2.09. The van der Waals surface area contributed by atoms with Crippen molar-refractivity contribution in [2.75, 3.05) is 20.6 Å². The first kappa shape index (κ1) is 22.7. The van der Waals surface area contributed by atoms with Crippen LogP contribution in [0.3, 0.4) is 0 Å². The van der Waals surface area contributed by atoms with E-state index in [0.717, 1.165) is 18.9 Å². The molecule has 0 aromatic heterocycles. The van der Waals surface area contributed by atoms with E-state index in [2.05, 4.69) is 58.6 Å². The molecule has 0 aliphatic heterocycles. The molecule has 0 saturated heterocycles. The number of benzene rings is 1. The number of guanidine groups is 1. The van der Waals surface area contributed by atoms with Gasteiger partial charge in [-0.05, 0) is 25.8 Å². The number of amides is 1. The maximum atomic E-state index is 11.8. The van der Waals surface area contributed by atoms with Gasteiger partial charge in [-0.25, -0.2) is 0 Å². The van der Waals surface area contributed by atoms with Crippen molar-refractivity contribution in [3.63, 3.8) is 0 Å². The minimum atomic E-state index is 0. The van der Waals surface area contributed by atoms with E-state index in [1.165, 1.54) is 11.1 Å². The fraction of sp³-hybridized carbons (Fsp3) is 0.556. The van der Waals surface area contributed by atoms with Crippen LogP contribution >= 0.6 is 24.0 Å². The molecule has 0 bridgehead atoms. The second-order valence-corrected chi connectivity index (χ2v) is 5.94. The second kappa shape index (κ2) is 12.1. The minimum Gasteiger partial charge on any atom is -0.356 e. The van der Waals surface area contributed by atoms with Crippen LogP contribution in [0.1, 0.15) is 37.8 Å². The molecule has 0 fully saturated rings. The smallest absolute Gasteiger partial charge is 0.221 e. The molecule has 2 N–H and O–H groups in total. The van der Waals surface area contributed by atoms with Crippen LogP contribution in [0.2, 0.25) is 0 Å². The summed E-state index contributed by atoms with van der Waals surface area (Å²) in [6, 6.07) is 8.69. The molecule has 0 aliphatic rings. The maximum absolute atomic E-state index is 11.8. The van der Waals surface area contributed by atoms with Crippen LogP contribution in [0.5, 0.6) is 0 Å². The summed E-state index contributed by atoms with van der Waals surface area (Å²) in [6.07, 6.45) is 1.39. The molecular weight excluding hydrogens is 415 g/mol. The average Bonchev–Trinajstić information content (AvgIpc) is 2.53. The Bertz CT molecular complexity index is 516. The number of aryl methyl sites for hydroxylation is 1. The van der Waals surface area contributed by atoms with Crippen LogP contribution in [0.15, 0.2) is 29.3 Å². The largest absolute Gasteiger partial charge is 0.356 e. The third-order valence-corrected chi connectivity index (χ3v) is 3.77. The van der Waals surface area contributed by atoms with E-state index >= 15 is 0 Å². The molecule has 1 atom stereocenters. The average molecular weight is 446 g/mol. The second-order valence-electron chi connectivity index (χ2n) is 5.94. The number of hydrogen-bond donors (Lipinski definition) is 2. The highest BCUT2D eigenvalue weighted by molar-refractivity contribution is 14.0. The summed E-state index contributed by atoms with van der Waals surface area (Å²) in [6.45, 7) is 7.51. The van der Waals surface area contributed by atoms with Crippen LogP contribution in [0.4, 0.5) is 0 Å². The molecule has 1 aromatic carbocycles. The van der Waals surface area contributed by atoms with Gasteiger partial charge in [-0.3, -0.25) is 9.79 Å². The van der Waals surface area contributed by atoms with Crippen LogP contribution in [0, 0.1) is 6.92 Å². The zero-order chi connectivity index (χ0) is 17.2. The van der Waals surface area contributed by atoms with Gasteiger partial charge in [-0.15, -0.1) is 24.0 Å². The van der Waals surface area contributed by atoms with E-state index in [4.69, 9.17) is 0 Å². The van der Waals surface area contributed by atoms with Gasteiger partial charge >= 0.3 is 0 Å². The van der Waals surface area contributed by atoms with Gasteiger partial charge in [0.05, 0.1) is 0 Å². The van der Waals surface area contributed by atoms with Crippen molar-refractivity contribution in [2.24, 2.45) is 4.99 Å². The Morgan fingerprint density at radius 2 is 1.92 bits per heavy atom. The number of rotatable bonds is 7. The van der Waals surface area contributed by atoms with E-state index in [9.17, 15) is 4.79 Å². The molecule has 1 amide bonds. The first-order valence-electron chi connectivity index (χ1n) is 8.23. The van der Waals surface area contributed by atoms with Gasteiger partial charge in [-0.2, -0.15) is 0 Å².